The molecule has 0 bridgehead atoms. The number of benzene rings is 1. The van der Waals surface area contributed by atoms with Gasteiger partial charge in [0.15, 0.2) is 5.82 Å². The highest BCUT2D eigenvalue weighted by atomic mass is 19.1. The summed E-state index contributed by atoms with van der Waals surface area (Å²) in [5.41, 5.74) is 6.25. The van der Waals surface area contributed by atoms with Crippen molar-refractivity contribution in [3.8, 4) is 11.4 Å². The third-order valence-electron chi connectivity index (χ3n) is 3.14. The molecular weight excluding hydrogens is 245 g/mol. The van der Waals surface area contributed by atoms with Gasteiger partial charge in [-0.15, -0.1) is 5.10 Å². The lowest BCUT2D eigenvalue weighted by molar-refractivity contribution is 0.289. The zero-order valence-corrected chi connectivity index (χ0v) is 11.4. The van der Waals surface area contributed by atoms with Crippen LogP contribution in [-0.4, -0.2) is 20.2 Å². The van der Waals surface area contributed by atoms with E-state index in [-0.39, 0.29) is 11.4 Å². The number of aromatic nitrogens is 4. The van der Waals surface area contributed by atoms with Crippen LogP contribution < -0.4 is 5.73 Å². The van der Waals surface area contributed by atoms with Crippen LogP contribution in [0.25, 0.3) is 11.4 Å². The molecule has 0 atom stereocenters. The van der Waals surface area contributed by atoms with Crippen LogP contribution >= 0.6 is 0 Å². The van der Waals surface area contributed by atoms with Gasteiger partial charge in [0, 0.05) is 5.69 Å². The minimum Gasteiger partial charge on any atom is -0.399 e. The molecule has 0 amide bonds. The van der Waals surface area contributed by atoms with E-state index in [0.29, 0.717) is 17.1 Å². The second-order valence-corrected chi connectivity index (χ2v) is 5.22. The molecule has 1 aromatic carbocycles. The zero-order chi connectivity index (χ0) is 14.0. The van der Waals surface area contributed by atoms with Crippen molar-refractivity contribution in [3.05, 3.63) is 24.0 Å². The number of hydrogen-bond donors (Lipinski definition) is 1. The fraction of sp³-hybridized carbons (Fsp3) is 0.462. The highest BCUT2D eigenvalue weighted by Gasteiger charge is 2.26. The Morgan fingerprint density at radius 1 is 1.37 bits per heavy atom. The lowest BCUT2D eigenvalue weighted by atomic mass is 9.98. The van der Waals surface area contributed by atoms with Gasteiger partial charge in [0.2, 0.25) is 0 Å². The molecule has 0 fully saturated rings. The first-order valence-electron chi connectivity index (χ1n) is 6.30. The summed E-state index contributed by atoms with van der Waals surface area (Å²) in [6.45, 7) is 6.15. The highest BCUT2D eigenvalue weighted by molar-refractivity contribution is 5.61. The third kappa shape index (κ3) is 2.57. The van der Waals surface area contributed by atoms with E-state index in [1.165, 1.54) is 12.1 Å². The number of halogens is 1. The number of nitrogen functional groups attached to an aromatic ring is 1. The molecule has 19 heavy (non-hydrogen) atoms. The smallest absolute Gasteiger partial charge is 0.185 e. The molecule has 0 aliphatic rings. The Labute approximate surface area is 111 Å². The number of anilines is 1. The first-order chi connectivity index (χ1) is 8.95. The van der Waals surface area contributed by atoms with Crippen LogP contribution in [0.3, 0.4) is 0 Å². The standard InChI is InChI=1S/C13H18FN5/c1-4-7-13(2,3)19-12(16-17-18-19)10-8-9(15)5-6-11(10)14/h5-6,8H,4,7,15H2,1-3H3. The number of nitrogens with two attached hydrogens (primary N) is 1. The van der Waals surface area contributed by atoms with E-state index in [2.05, 4.69) is 22.4 Å². The van der Waals surface area contributed by atoms with Crippen LogP contribution in [0.15, 0.2) is 18.2 Å². The Morgan fingerprint density at radius 3 is 2.79 bits per heavy atom. The maximum absolute atomic E-state index is 13.9. The summed E-state index contributed by atoms with van der Waals surface area (Å²) in [7, 11) is 0. The maximum atomic E-state index is 13.9. The van der Waals surface area contributed by atoms with Crippen LogP contribution in [0.4, 0.5) is 10.1 Å². The fourth-order valence-corrected chi connectivity index (χ4v) is 2.19. The van der Waals surface area contributed by atoms with Gasteiger partial charge in [-0.3, -0.25) is 0 Å². The molecule has 0 aliphatic heterocycles. The third-order valence-corrected chi connectivity index (χ3v) is 3.14. The summed E-state index contributed by atoms with van der Waals surface area (Å²) in [6, 6.07) is 4.40. The second-order valence-electron chi connectivity index (χ2n) is 5.22. The van der Waals surface area contributed by atoms with E-state index in [9.17, 15) is 4.39 Å². The van der Waals surface area contributed by atoms with Gasteiger partial charge < -0.3 is 5.73 Å². The molecule has 1 aromatic heterocycles. The molecule has 5 nitrogen and oxygen atoms in total. The van der Waals surface area contributed by atoms with E-state index < -0.39 is 0 Å². The largest absolute Gasteiger partial charge is 0.399 e. The summed E-state index contributed by atoms with van der Waals surface area (Å²) in [4.78, 5) is 0. The Bertz CT molecular complexity index is 576. The fourth-order valence-electron chi connectivity index (χ4n) is 2.19. The van der Waals surface area contributed by atoms with Crippen molar-refractivity contribution in [3.63, 3.8) is 0 Å². The zero-order valence-electron chi connectivity index (χ0n) is 11.4. The van der Waals surface area contributed by atoms with Gasteiger partial charge in [-0.05, 0) is 48.9 Å². The van der Waals surface area contributed by atoms with Gasteiger partial charge in [-0.2, -0.15) is 0 Å². The van der Waals surface area contributed by atoms with Crippen molar-refractivity contribution in [2.45, 2.75) is 39.2 Å². The van der Waals surface area contributed by atoms with Crippen molar-refractivity contribution < 1.29 is 4.39 Å². The minimum atomic E-state index is -0.377. The van der Waals surface area contributed by atoms with Crippen molar-refractivity contribution >= 4 is 5.69 Å². The minimum absolute atomic E-state index is 0.273. The molecule has 0 aliphatic carbocycles. The lowest BCUT2D eigenvalue weighted by Gasteiger charge is -2.25. The highest BCUT2D eigenvalue weighted by Crippen LogP contribution is 2.28. The van der Waals surface area contributed by atoms with E-state index in [4.69, 9.17) is 5.73 Å². The summed E-state index contributed by atoms with van der Waals surface area (Å²) in [5, 5.41) is 11.6. The Hall–Kier alpha value is -1.98. The Balaban J connectivity index is 2.53. The topological polar surface area (TPSA) is 69.6 Å². The predicted molar refractivity (Wildman–Crippen MR) is 71.9 cm³/mol. The lowest BCUT2D eigenvalue weighted by Crippen LogP contribution is -2.28. The number of nitrogens with zero attached hydrogens (tertiary/aromatic N) is 4. The molecule has 2 aromatic rings. The summed E-state index contributed by atoms with van der Waals surface area (Å²) < 4.78 is 15.6. The van der Waals surface area contributed by atoms with Gasteiger partial charge in [-0.25, -0.2) is 9.07 Å². The average molecular weight is 263 g/mol. The monoisotopic (exact) mass is 263 g/mol. The Kier molecular flexibility index (Phi) is 3.50. The average Bonchev–Trinajstić information content (AvgIpc) is 2.82. The molecule has 0 radical (unpaired) electrons. The summed E-state index contributed by atoms with van der Waals surface area (Å²) >= 11 is 0. The molecule has 0 unspecified atom stereocenters. The van der Waals surface area contributed by atoms with Crippen molar-refractivity contribution in [2.24, 2.45) is 0 Å². The number of rotatable bonds is 4. The van der Waals surface area contributed by atoms with E-state index in [1.54, 1.807) is 10.7 Å². The molecule has 0 spiro atoms. The molecule has 102 valence electrons. The van der Waals surface area contributed by atoms with Gasteiger partial charge in [-0.1, -0.05) is 13.3 Å². The molecular formula is C13H18FN5. The summed E-state index contributed by atoms with van der Waals surface area (Å²) in [6.07, 6.45) is 1.89. The van der Waals surface area contributed by atoms with Gasteiger partial charge in [0.25, 0.3) is 0 Å². The van der Waals surface area contributed by atoms with Crippen molar-refractivity contribution in [1.29, 1.82) is 0 Å². The molecule has 0 saturated carbocycles. The van der Waals surface area contributed by atoms with E-state index >= 15 is 0 Å². The van der Waals surface area contributed by atoms with Gasteiger partial charge in [0.1, 0.15) is 5.82 Å². The first-order valence-corrected chi connectivity index (χ1v) is 6.30. The summed E-state index contributed by atoms with van der Waals surface area (Å²) in [5.74, 6) is 0.0285. The van der Waals surface area contributed by atoms with Crippen molar-refractivity contribution in [1.82, 2.24) is 20.2 Å². The SMILES string of the molecule is CCCC(C)(C)n1nnnc1-c1cc(N)ccc1F. The van der Waals surface area contributed by atoms with Crippen LogP contribution in [0, 0.1) is 5.82 Å². The van der Waals surface area contributed by atoms with Crippen LogP contribution in [0.1, 0.15) is 33.6 Å². The second kappa shape index (κ2) is 4.95. The molecule has 2 rings (SSSR count). The molecule has 6 heteroatoms. The number of tetrazole rings is 1. The van der Waals surface area contributed by atoms with Crippen molar-refractivity contribution in [2.75, 3.05) is 5.73 Å². The van der Waals surface area contributed by atoms with Gasteiger partial charge >= 0.3 is 0 Å². The van der Waals surface area contributed by atoms with Gasteiger partial charge in [0.05, 0.1) is 11.1 Å². The quantitative estimate of drug-likeness (QED) is 0.861. The van der Waals surface area contributed by atoms with Crippen LogP contribution in [0.2, 0.25) is 0 Å². The first kappa shape index (κ1) is 13.5. The maximum Gasteiger partial charge on any atom is 0.185 e. The molecule has 2 N–H and O–H groups in total. The van der Waals surface area contributed by atoms with Crippen LogP contribution in [-0.2, 0) is 5.54 Å². The van der Waals surface area contributed by atoms with E-state index in [0.717, 1.165) is 12.8 Å². The van der Waals surface area contributed by atoms with E-state index in [1.807, 2.05) is 13.8 Å². The molecule has 0 saturated heterocycles. The molecule has 1 heterocycles. The number of hydrogen-bond acceptors (Lipinski definition) is 4. The normalized spacial score (nSPS) is 11.8. The predicted octanol–water partition coefficient (Wildman–Crippen LogP) is 2.60. The Morgan fingerprint density at radius 2 is 2.11 bits per heavy atom. The van der Waals surface area contributed by atoms with Crippen LogP contribution in [0.5, 0.6) is 0 Å².